The van der Waals surface area contributed by atoms with Crippen molar-refractivity contribution in [3.05, 3.63) is 52.9 Å². The highest BCUT2D eigenvalue weighted by Crippen LogP contribution is 2.46. The standard InChI is InChI=1S/C38H48F2N6O/c1-3-28-32(39)7-4-6-23-18-27(47)19-31(34(23)28)29-10-11-30-36(35(29)40)43-33(44-37(30)45-21-24-8-9-25(22-45)42-24)13-16-38-14-5-17-46(38)26(12-15-38)20-41-2/h10-11,18-19,24-26,41-42,47H,3-9,12-17,20-22H2,1-2H3. The molecular formula is C38H48F2N6O. The molecule has 5 heterocycles. The third kappa shape index (κ3) is 5.42. The number of likely N-dealkylation sites (N-methyl/N-ethyl adjacent to an activating group) is 1. The van der Waals surface area contributed by atoms with Gasteiger partial charge in [-0.05, 0) is 125 Å². The van der Waals surface area contributed by atoms with Gasteiger partial charge in [-0.3, -0.25) is 4.90 Å². The molecule has 0 amide bonds. The molecule has 8 rings (SSSR count). The van der Waals surface area contributed by atoms with Crippen molar-refractivity contribution in [2.45, 2.75) is 108 Å². The lowest BCUT2D eigenvalue weighted by Crippen LogP contribution is -2.51. The number of hydrogen-bond acceptors (Lipinski definition) is 7. The molecule has 1 aliphatic carbocycles. The number of rotatable bonds is 8. The van der Waals surface area contributed by atoms with Gasteiger partial charge in [-0.2, -0.15) is 0 Å². The van der Waals surface area contributed by atoms with E-state index in [2.05, 4.69) is 20.4 Å². The summed E-state index contributed by atoms with van der Waals surface area (Å²) in [5.41, 5.74) is 3.59. The van der Waals surface area contributed by atoms with Crippen molar-refractivity contribution in [1.82, 2.24) is 25.5 Å². The Balaban J connectivity index is 1.23. The van der Waals surface area contributed by atoms with Gasteiger partial charge < -0.3 is 20.6 Å². The topological polar surface area (TPSA) is 76.6 Å². The van der Waals surface area contributed by atoms with Gasteiger partial charge in [0.05, 0.1) is 0 Å². The minimum atomic E-state index is -0.422. The number of hydrogen-bond donors (Lipinski definition) is 3. The van der Waals surface area contributed by atoms with Gasteiger partial charge in [-0.25, -0.2) is 18.7 Å². The van der Waals surface area contributed by atoms with Crippen LogP contribution in [0.15, 0.2) is 30.1 Å². The number of phenolic OH excluding ortho intramolecular Hbond substituents is 1. The highest BCUT2D eigenvalue weighted by atomic mass is 19.1. The molecule has 2 bridgehead atoms. The van der Waals surface area contributed by atoms with Gasteiger partial charge in [0, 0.05) is 60.7 Å². The van der Waals surface area contributed by atoms with Crippen LogP contribution in [0.3, 0.4) is 0 Å². The second kappa shape index (κ2) is 12.4. The first-order valence-electron chi connectivity index (χ1n) is 18.0. The summed E-state index contributed by atoms with van der Waals surface area (Å²) in [6, 6.07) is 8.46. The maximum absolute atomic E-state index is 17.1. The quantitative estimate of drug-likeness (QED) is 0.254. The Bertz CT molecular complexity index is 1710. The van der Waals surface area contributed by atoms with Crippen molar-refractivity contribution >= 4 is 22.3 Å². The average molecular weight is 643 g/mol. The molecule has 4 atom stereocenters. The van der Waals surface area contributed by atoms with Gasteiger partial charge in [0.15, 0.2) is 5.82 Å². The molecule has 5 aliphatic rings. The van der Waals surface area contributed by atoms with Crippen LogP contribution in [0.2, 0.25) is 0 Å². The first-order chi connectivity index (χ1) is 22.9. The predicted molar refractivity (Wildman–Crippen MR) is 184 cm³/mol. The Morgan fingerprint density at radius 1 is 1.02 bits per heavy atom. The number of halogens is 2. The monoisotopic (exact) mass is 642 g/mol. The number of benzene rings is 2. The summed E-state index contributed by atoms with van der Waals surface area (Å²) in [6.07, 6.45) is 10.9. The number of allylic oxidation sites excluding steroid dienone is 2. The van der Waals surface area contributed by atoms with Crippen LogP contribution in [0, 0.1) is 5.82 Å². The number of anilines is 1. The van der Waals surface area contributed by atoms with E-state index in [1.54, 1.807) is 18.2 Å². The number of nitrogens with one attached hydrogen (secondary N) is 2. The lowest BCUT2D eigenvalue weighted by atomic mass is 9.87. The molecule has 47 heavy (non-hydrogen) atoms. The molecule has 3 aromatic rings. The second-order valence-corrected chi connectivity index (χ2v) is 14.7. The molecule has 4 fully saturated rings. The number of aromatic hydroxyl groups is 1. The van der Waals surface area contributed by atoms with Crippen LogP contribution in [0.5, 0.6) is 5.75 Å². The molecule has 0 radical (unpaired) electrons. The van der Waals surface area contributed by atoms with Gasteiger partial charge in [0.1, 0.15) is 28.7 Å². The van der Waals surface area contributed by atoms with Gasteiger partial charge in [-0.1, -0.05) is 13.0 Å². The number of aryl methyl sites for hydroxylation is 2. The van der Waals surface area contributed by atoms with Crippen LogP contribution in [-0.2, 0) is 12.8 Å². The summed E-state index contributed by atoms with van der Waals surface area (Å²) < 4.78 is 32.5. The first-order valence-corrected chi connectivity index (χ1v) is 18.0. The maximum atomic E-state index is 17.1. The van der Waals surface area contributed by atoms with Crippen LogP contribution in [0.1, 0.15) is 88.1 Å². The zero-order valence-electron chi connectivity index (χ0n) is 27.8. The van der Waals surface area contributed by atoms with Crippen molar-refractivity contribution in [3.63, 3.8) is 0 Å². The average Bonchev–Trinajstić information content (AvgIpc) is 3.71. The van der Waals surface area contributed by atoms with Gasteiger partial charge in [0.25, 0.3) is 0 Å². The Morgan fingerprint density at radius 3 is 2.64 bits per heavy atom. The minimum absolute atomic E-state index is 0.0740. The van der Waals surface area contributed by atoms with Gasteiger partial charge in [-0.15, -0.1) is 0 Å². The Morgan fingerprint density at radius 2 is 1.85 bits per heavy atom. The largest absolute Gasteiger partial charge is 0.508 e. The number of aromatic nitrogens is 2. The minimum Gasteiger partial charge on any atom is -0.508 e. The first kappa shape index (κ1) is 31.1. The summed E-state index contributed by atoms with van der Waals surface area (Å²) in [4.78, 5) is 15.3. The fraction of sp³-hybridized carbons (Fsp3) is 0.579. The van der Waals surface area contributed by atoms with E-state index < -0.39 is 5.82 Å². The van der Waals surface area contributed by atoms with Gasteiger partial charge >= 0.3 is 0 Å². The summed E-state index contributed by atoms with van der Waals surface area (Å²) in [7, 11) is 2.04. The van der Waals surface area contributed by atoms with Crippen LogP contribution in [-0.4, -0.2) is 76.9 Å². The van der Waals surface area contributed by atoms with E-state index in [1.807, 2.05) is 20.0 Å². The molecule has 4 saturated heterocycles. The molecule has 9 heteroatoms. The van der Waals surface area contributed by atoms with Crippen molar-refractivity contribution in [2.75, 3.05) is 38.1 Å². The molecule has 4 aliphatic heterocycles. The summed E-state index contributed by atoms with van der Waals surface area (Å²) in [6.45, 7) is 5.79. The Labute approximate surface area is 276 Å². The highest BCUT2D eigenvalue weighted by molar-refractivity contribution is 5.95. The molecule has 2 aromatic carbocycles. The van der Waals surface area contributed by atoms with Crippen molar-refractivity contribution in [2.24, 2.45) is 0 Å². The molecule has 3 N–H and O–H groups in total. The Hall–Kier alpha value is -3.14. The third-order valence-corrected chi connectivity index (χ3v) is 12.0. The summed E-state index contributed by atoms with van der Waals surface area (Å²) in [5, 5.41) is 18.6. The molecule has 0 saturated carbocycles. The molecule has 0 spiro atoms. The smallest absolute Gasteiger partial charge is 0.157 e. The summed E-state index contributed by atoms with van der Waals surface area (Å²) in [5.74, 6) is 1.04. The normalized spacial score (nSPS) is 27.5. The second-order valence-electron chi connectivity index (χ2n) is 14.7. The summed E-state index contributed by atoms with van der Waals surface area (Å²) >= 11 is 0. The van der Waals surface area contributed by atoms with E-state index >= 15 is 8.78 Å². The van der Waals surface area contributed by atoms with Crippen LogP contribution in [0.4, 0.5) is 14.6 Å². The third-order valence-electron chi connectivity index (χ3n) is 12.0. The fourth-order valence-electron chi connectivity index (χ4n) is 9.84. The lowest BCUT2D eigenvalue weighted by molar-refractivity contribution is 0.139. The van der Waals surface area contributed by atoms with Crippen LogP contribution >= 0.6 is 0 Å². The van der Waals surface area contributed by atoms with E-state index in [1.165, 1.54) is 25.7 Å². The molecule has 4 unspecified atom stereocenters. The van der Waals surface area contributed by atoms with Crippen molar-refractivity contribution in [1.29, 1.82) is 0 Å². The van der Waals surface area contributed by atoms with Crippen LogP contribution < -0.4 is 15.5 Å². The highest BCUT2D eigenvalue weighted by Gasteiger charge is 2.48. The van der Waals surface area contributed by atoms with Crippen molar-refractivity contribution < 1.29 is 13.9 Å². The van der Waals surface area contributed by atoms with E-state index in [-0.39, 0.29) is 17.1 Å². The molecule has 250 valence electrons. The number of piperazine rings is 1. The van der Waals surface area contributed by atoms with Gasteiger partial charge in [0.2, 0.25) is 0 Å². The molecule has 1 aromatic heterocycles. The Kier molecular flexibility index (Phi) is 8.21. The van der Waals surface area contributed by atoms with E-state index in [9.17, 15) is 5.11 Å². The predicted octanol–water partition coefficient (Wildman–Crippen LogP) is 6.66. The van der Waals surface area contributed by atoms with E-state index in [4.69, 9.17) is 9.97 Å². The number of fused-ring (bicyclic) bond motifs is 5. The SMILES string of the molecule is CCC1=C(F)CCCc2cc(O)cc(-c3ccc4c(N5CC6CCC(C5)N6)nc(CCC56CCCN5C(CNC)CC6)nc4c3F)c21. The molecule has 7 nitrogen and oxygen atoms in total. The fourth-order valence-corrected chi connectivity index (χ4v) is 9.84. The lowest BCUT2D eigenvalue weighted by Gasteiger charge is -2.36. The zero-order chi connectivity index (χ0) is 32.3. The van der Waals surface area contributed by atoms with E-state index in [0.29, 0.717) is 78.3 Å². The number of nitrogens with zero attached hydrogens (tertiary/aromatic N) is 4. The zero-order valence-corrected chi connectivity index (χ0v) is 27.8. The van der Waals surface area contributed by atoms with E-state index in [0.717, 1.165) is 67.8 Å². The number of phenols is 1. The van der Waals surface area contributed by atoms with Crippen LogP contribution in [0.25, 0.3) is 27.6 Å². The maximum Gasteiger partial charge on any atom is 0.157 e. The molecular weight excluding hydrogens is 594 g/mol. The van der Waals surface area contributed by atoms with Crippen molar-refractivity contribution in [3.8, 4) is 16.9 Å².